The van der Waals surface area contributed by atoms with Gasteiger partial charge in [-0.2, -0.15) is 0 Å². The Morgan fingerprint density at radius 2 is 2.00 bits per heavy atom. The molecule has 2 aliphatic carbocycles. The summed E-state index contributed by atoms with van der Waals surface area (Å²) in [6.07, 6.45) is 5.18. The highest BCUT2D eigenvalue weighted by Crippen LogP contribution is 2.62. The molecule has 2 fully saturated rings. The van der Waals surface area contributed by atoms with Gasteiger partial charge in [-0.3, -0.25) is 4.79 Å². The summed E-state index contributed by atoms with van der Waals surface area (Å²) in [7, 11) is 0. The van der Waals surface area contributed by atoms with Crippen molar-refractivity contribution in [2.75, 3.05) is 0 Å². The van der Waals surface area contributed by atoms with Gasteiger partial charge in [0.1, 0.15) is 5.69 Å². The van der Waals surface area contributed by atoms with Gasteiger partial charge in [-0.25, -0.2) is 4.68 Å². The minimum atomic E-state index is -0.0117. The molecule has 27 heavy (non-hydrogen) atoms. The molecule has 2 saturated carbocycles. The van der Waals surface area contributed by atoms with E-state index in [9.17, 15) is 4.79 Å². The summed E-state index contributed by atoms with van der Waals surface area (Å²) in [4.78, 5) is 12.5. The number of nitrogens with zero attached hydrogens (tertiary/aromatic N) is 3. The number of carbonyl (C=O) groups excluding carboxylic acids is 1. The number of aromatic nitrogens is 3. The number of amides is 1. The number of benzene rings is 1. The largest absolute Gasteiger partial charge is 0.349 e. The summed E-state index contributed by atoms with van der Waals surface area (Å²) < 4.78 is 2.00. The standard InChI is InChI=1S/C21H25ClN4O/c1-4-18(23-21(27)13-5-7-14(22)8-6-13)20-16-9-15(10-17(16)20)26-11-19(12(2)3)24-25-26/h5-8,11,15-18,20H,2,4,9-10H2,1,3H3,(H,23,27)/t15?,16-,17+,18?,20?. The number of hydrogen-bond acceptors (Lipinski definition) is 3. The second-order valence-electron chi connectivity index (χ2n) is 7.89. The molecular formula is C21H25ClN4O. The van der Waals surface area contributed by atoms with E-state index in [1.54, 1.807) is 24.3 Å². The summed E-state index contributed by atoms with van der Waals surface area (Å²) >= 11 is 5.91. The van der Waals surface area contributed by atoms with E-state index >= 15 is 0 Å². The van der Waals surface area contributed by atoms with Crippen molar-refractivity contribution in [2.45, 2.75) is 45.2 Å². The summed E-state index contributed by atoms with van der Waals surface area (Å²) in [5.41, 5.74) is 2.48. The third kappa shape index (κ3) is 3.53. The molecule has 6 heteroatoms. The molecule has 1 N–H and O–H groups in total. The molecule has 0 spiro atoms. The maximum absolute atomic E-state index is 12.5. The lowest BCUT2D eigenvalue weighted by Gasteiger charge is -2.21. The van der Waals surface area contributed by atoms with Crippen LogP contribution >= 0.6 is 11.6 Å². The van der Waals surface area contributed by atoms with Crippen molar-refractivity contribution < 1.29 is 4.79 Å². The first-order valence-electron chi connectivity index (χ1n) is 9.62. The van der Waals surface area contributed by atoms with Crippen LogP contribution in [0.1, 0.15) is 55.2 Å². The van der Waals surface area contributed by atoms with Crippen molar-refractivity contribution >= 4 is 23.1 Å². The van der Waals surface area contributed by atoms with Crippen LogP contribution < -0.4 is 5.32 Å². The Morgan fingerprint density at radius 3 is 2.56 bits per heavy atom. The van der Waals surface area contributed by atoms with Gasteiger partial charge in [0.2, 0.25) is 0 Å². The molecule has 5 nitrogen and oxygen atoms in total. The van der Waals surface area contributed by atoms with Gasteiger partial charge in [0.25, 0.3) is 5.91 Å². The Balaban J connectivity index is 1.36. The van der Waals surface area contributed by atoms with E-state index in [-0.39, 0.29) is 11.9 Å². The first kappa shape index (κ1) is 18.2. The summed E-state index contributed by atoms with van der Waals surface area (Å²) in [6, 6.07) is 7.71. The molecule has 5 atom stereocenters. The van der Waals surface area contributed by atoms with E-state index in [1.807, 2.05) is 17.8 Å². The number of hydrogen-bond donors (Lipinski definition) is 1. The average Bonchev–Trinajstić information content (AvgIpc) is 3.05. The predicted octanol–water partition coefficient (Wildman–Crippen LogP) is 4.37. The lowest BCUT2D eigenvalue weighted by atomic mass is 9.99. The van der Waals surface area contributed by atoms with Crippen LogP contribution in [0.4, 0.5) is 0 Å². The van der Waals surface area contributed by atoms with Crippen molar-refractivity contribution in [3.05, 3.63) is 53.3 Å². The lowest BCUT2D eigenvalue weighted by Crippen LogP contribution is -2.37. The molecule has 4 rings (SSSR count). The molecular weight excluding hydrogens is 360 g/mol. The fraction of sp³-hybridized carbons (Fsp3) is 0.476. The third-order valence-corrected chi connectivity index (χ3v) is 6.39. The molecule has 142 valence electrons. The quantitative estimate of drug-likeness (QED) is 0.804. The molecule has 0 aliphatic heterocycles. The Labute approximate surface area is 164 Å². The minimum Gasteiger partial charge on any atom is -0.349 e. The number of carbonyl (C=O) groups is 1. The molecule has 0 saturated heterocycles. The second-order valence-corrected chi connectivity index (χ2v) is 8.33. The van der Waals surface area contributed by atoms with E-state index in [0.29, 0.717) is 34.4 Å². The zero-order chi connectivity index (χ0) is 19.1. The van der Waals surface area contributed by atoms with Gasteiger partial charge in [-0.15, -0.1) is 5.10 Å². The summed E-state index contributed by atoms with van der Waals surface area (Å²) in [6.45, 7) is 8.03. The fourth-order valence-electron chi connectivity index (χ4n) is 4.65. The van der Waals surface area contributed by atoms with Crippen LogP contribution in [0.5, 0.6) is 0 Å². The van der Waals surface area contributed by atoms with Crippen LogP contribution in [0, 0.1) is 17.8 Å². The molecule has 1 aromatic carbocycles. The van der Waals surface area contributed by atoms with E-state index in [4.69, 9.17) is 11.6 Å². The van der Waals surface area contributed by atoms with E-state index in [2.05, 4.69) is 29.1 Å². The van der Waals surface area contributed by atoms with Gasteiger partial charge >= 0.3 is 0 Å². The monoisotopic (exact) mass is 384 g/mol. The van der Waals surface area contributed by atoms with Crippen molar-refractivity contribution in [1.82, 2.24) is 20.3 Å². The highest BCUT2D eigenvalue weighted by molar-refractivity contribution is 6.30. The van der Waals surface area contributed by atoms with Gasteiger partial charge in [-0.05, 0) is 73.8 Å². The number of allylic oxidation sites excluding steroid dienone is 1. The van der Waals surface area contributed by atoms with Gasteiger partial charge < -0.3 is 5.32 Å². The SMILES string of the molecule is C=C(C)c1cn(C2C[C@@H]3C(C(CC)NC(=O)c4ccc(Cl)cc4)[C@@H]3C2)nn1. The molecule has 0 radical (unpaired) electrons. The zero-order valence-electron chi connectivity index (χ0n) is 15.7. The summed E-state index contributed by atoms with van der Waals surface area (Å²) in [5.74, 6) is 1.90. The topological polar surface area (TPSA) is 59.8 Å². The van der Waals surface area contributed by atoms with Crippen molar-refractivity contribution in [3.63, 3.8) is 0 Å². The molecule has 1 aromatic heterocycles. The van der Waals surface area contributed by atoms with Crippen molar-refractivity contribution in [3.8, 4) is 0 Å². The number of halogens is 1. The Morgan fingerprint density at radius 1 is 1.33 bits per heavy atom. The molecule has 3 unspecified atom stereocenters. The van der Waals surface area contributed by atoms with Crippen LogP contribution in [-0.4, -0.2) is 26.9 Å². The van der Waals surface area contributed by atoms with Crippen LogP contribution in [0.2, 0.25) is 5.02 Å². The van der Waals surface area contributed by atoms with Crippen molar-refractivity contribution in [2.24, 2.45) is 17.8 Å². The van der Waals surface area contributed by atoms with Gasteiger partial charge in [0.15, 0.2) is 0 Å². The predicted molar refractivity (Wildman–Crippen MR) is 106 cm³/mol. The first-order chi connectivity index (χ1) is 13.0. The molecule has 1 heterocycles. The maximum Gasteiger partial charge on any atom is 0.251 e. The fourth-order valence-corrected chi connectivity index (χ4v) is 4.78. The van der Waals surface area contributed by atoms with Gasteiger partial charge in [-0.1, -0.05) is 30.3 Å². The van der Waals surface area contributed by atoms with Gasteiger partial charge in [0, 0.05) is 16.6 Å². The van der Waals surface area contributed by atoms with E-state index in [1.165, 1.54) is 0 Å². The molecule has 2 aromatic rings. The zero-order valence-corrected chi connectivity index (χ0v) is 16.5. The number of nitrogens with one attached hydrogen (secondary N) is 1. The smallest absolute Gasteiger partial charge is 0.251 e. The second kappa shape index (κ2) is 7.12. The summed E-state index contributed by atoms with van der Waals surface area (Å²) in [5, 5.41) is 12.4. The van der Waals surface area contributed by atoms with Crippen LogP contribution in [0.3, 0.4) is 0 Å². The average molecular weight is 385 g/mol. The first-order valence-corrected chi connectivity index (χ1v) is 10.00. The molecule has 0 bridgehead atoms. The van der Waals surface area contributed by atoms with E-state index < -0.39 is 0 Å². The lowest BCUT2D eigenvalue weighted by molar-refractivity contribution is 0.0926. The number of rotatable bonds is 6. The van der Waals surface area contributed by atoms with Crippen LogP contribution in [0.25, 0.3) is 5.57 Å². The maximum atomic E-state index is 12.5. The normalized spacial score (nSPS) is 27.1. The number of fused-ring (bicyclic) bond motifs is 1. The van der Waals surface area contributed by atoms with E-state index in [0.717, 1.165) is 30.5 Å². The highest BCUT2D eigenvalue weighted by atomic mass is 35.5. The highest BCUT2D eigenvalue weighted by Gasteiger charge is 2.59. The molecule has 1 amide bonds. The molecule has 2 aliphatic rings. The Bertz CT molecular complexity index is 847. The van der Waals surface area contributed by atoms with Crippen LogP contribution in [0.15, 0.2) is 37.0 Å². The third-order valence-electron chi connectivity index (χ3n) is 6.14. The Hall–Kier alpha value is -2.14. The van der Waals surface area contributed by atoms with Crippen molar-refractivity contribution in [1.29, 1.82) is 0 Å². The van der Waals surface area contributed by atoms with Crippen LogP contribution in [-0.2, 0) is 0 Å². The Kier molecular flexibility index (Phi) is 4.81. The minimum absolute atomic E-state index is 0.0117. The van der Waals surface area contributed by atoms with Gasteiger partial charge in [0.05, 0.1) is 12.2 Å².